The molecule has 1 aliphatic heterocycles. The predicted octanol–water partition coefficient (Wildman–Crippen LogP) is 2.21. The van der Waals surface area contributed by atoms with Crippen LogP contribution in [0.3, 0.4) is 0 Å². The van der Waals surface area contributed by atoms with E-state index < -0.39 is 0 Å². The van der Waals surface area contributed by atoms with Crippen molar-refractivity contribution in [1.82, 2.24) is 15.2 Å². The molecule has 1 aromatic rings. The second-order valence-electron chi connectivity index (χ2n) is 4.58. The van der Waals surface area contributed by atoms with Gasteiger partial charge in [0.2, 0.25) is 0 Å². The van der Waals surface area contributed by atoms with Crippen molar-refractivity contribution in [2.75, 3.05) is 20.1 Å². The van der Waals surface area contributed by atoms with Gasteiger partial charge in [0.1, 0.15) is 10.3 Å². The fraction of sp³-hybridized carbons (Fsp3) is 0.500. The summed E-state index contributed by atoms with van der Waals surface area (Å²) in [6.07, 6.45) is 2.10. The first-order chi connectivity index (χ1) is 8.54. The van der Waals surface area contributed by atoms with Crippen LogP contribution < -0.4 is 5.32 Å². The van der Waals surface area contributed by atoms with Crippen LogP contribution in [0.2, 0.25) is 10.3 Å². The molecule has 1 aromatic heterocycles. The van der Waals surface area contributed by atoms with Gasteiger partial charge in [-0.25, -0.2) is 4.98 Å². The molecule has 1 fully saturated rings. The van der Waals surface area contributed by atoms with Crippen molar-refractivity contribution in [3.8, 4) is 0 Å². The van der Waals surface area contributed by atoms with Gasteiger partial charge in [-0.15, -0.1) is 0 Å². The van der Waals surface area contributed by atoms with Crippen molar-refractivity contribution < 1.29 is 4.79 Å². The SMILES string of the molecule is CN1CCCC(NC(=O)c2cc(Cl)nc(Cl)c2)C1. The Bertz CT molecular complexity index is 433. The van der Waals surface area contributed by atoms with Crippen LogP contribution in [0.25, 0.3) is 0 Å². The summed E-state index contributed by atoms with van der Waals surface area (Å²) in [6, 6.07) is 3.23. The number of nitrogens with zero attached hydrogens (tertiary/aromatic N) is 2. The zero-order chi connectivity index (χ0) is 13.1. The number of hydrogen-bond acceptors (Lipinski definition) is 3. The Morgan fingerprint density at radius 3 is 2.72 bits per heavy atom. The van der Waals surface area contributed by atoms with E-state index in [1.165, 1.54) is 12.1 Å². The van der Waals surface area contributed by atoms with Crippen LogP contribution in [-0.2, 0) is 0 Å². The molecule has 0 saturated carbocycles. The van der Waals surface area contributed by atoms with Gasteiger partial charge in [-0.05, 0) is 38.6 Å². The largest absolute Gasteiger partial charge is 0.348 e. The summed E-state index contributed by atoms with van der Waals surface area (Å²) in [4.78, 5) is 18.1. The number of nitrogens with one attached hydrogen (secondary N) is 1. The summed E-state index contributed by atoms with van der Waals surface area (Å²) in [6.45, 7) is 1.96. The monoisotopic (exact) mass is 287 g/mol. The van der Waals surface area contributed by atoms with Crippen molar-refractivity contribution in [3.63, 3.8) is 0 Å². The van der Waals surface area contributed by atoms with E-state index in [2.05, 4.69) is 22.2 Å². The number of hydrogen-bond donors (Lipinski definition) is 1. The molecule has 2 heterocycles. The van der Waals surface area contributed by atoms with E-state index in [0.717, 1.165) is 25.9 Å². The highest BCUT2D eigenvalue weighted by molar-refractivity contribution is 6.33. The number of likely N-dealkylation sites (tertiary alicyclic amines) is 1. The Morgan fingerprint density at radius 1 is 1.44 bits per heavy atom. The highest BCUT2D eigenvalue weighted by atomic mass is 35.5. The summed E-state index contributed by atoms with van der Waals surface area (Å²) >= 11 is 11.6. The van der Waals surface area contributed by atoms with Crippen LogP contribution in [-0.4, -0.2) is 42.0 Å². The molecule has 0 aromatic carbocycles. The minimum Gasteiger partial charge on any atom is -0.348 e. The van der Waals surface area contributed by atoms with Crippen LogP contribution in [0, 0.1) is 0 Å². The summed E-state index contributed by atoms with van der Waals surface area (Å²) in [5, 5.41) is 3.45. The molecule has 1 aliphatic rings. The minimum atomic E-state index is -0.151. The van der Waals surface area contributed by atoms with Crippen LogP contribution in [0.1, 0.15) is 23.2 Å². The Balaban J connectivity index is 2.02. The Hall–Kier alpha value is -0.840. The molecule has 1 amide bonds. The quantitative estimate of drug-likeness (QED) is 0.849. The van der Waals surface area contributed by atoms with Crippen molar-refractivity contribution in [1.29, 1.82) is 0 Å². The van der Waals surface area contributed by atoms with Gasteiger partial charge in [-0.3, -0.25) is 4.79 Å². The topological polar surface area (TPSA) is 45.2 Å². The Kier molecular flexibility index (Phi) is 4.43. The number of piperidine rings is 1. The predicted molar refractivity (Wildman–Crippen MR) is 72.2 cm³/mol. The normalized spacial score (nSPS) is 20.7. The van der Waals surface area contributed by atoms with E-state index in [0.29, 0.717) is 5.56 Å². The highest BCUT2D eigenvalue weighted by Crippen LogP contribution is 2.15. The summed E-state index contributed by atoms with van der Waals surface area (Å²) in [5.41, 5.74) is 0.452. The summed E-state index contributed by atoms with van der Waals surface area (Å²) in [5.74, 6) is -0.151. The average Bonchev–Trinajstić information content (AvgIpc) is 2.27. The number of halogens is 2. The third-order valence-electron chi connectivity index (χ3n) is 2.98. The van der Waals surface area contributed by atoms with Crippen molar-refractivity contribution in [2.45, 2.75) is 18.9 Å². The molecule has 1 atom stereocenters. The third kappa shape index (κ3) is 3.57. The molecule has 18 heavy (non-hydrogen) atoms. The minimum absolute atomic E-state index is 0.151. The number of carbonyl (C=O) groups is 1. The van der Waals surface area contributed by atoms with E-state index in [1.54, 1.807) is 0 Å². The Morgan fingerprint density at radius 2 is 2.11 bits per heavy atom. The second-order valence-corrected chi connectivity index (χ2v) is 5.35. The highest BCUT2D eigenvalue weighted by Gasteiger charge is 2.19. The number of aromatic nitrogens is 1. The molecule has 2 rings (SSSR count). The van der Waals surface area contributed by atoms with Gasteiger partial charge in [-0.2, -0.15) is 0 Å². The number of likely N-dealkylation sites (N-methyl/N-ethyl adjacent to an activating group) is 1. The van der Waals surface area contributed by atoms with Crippen molar-refractivity contribution in [3.05, 3.63) is 28.0 Å². The van der Waals surface area contributed by atoms with Gasteiger partial charge < -0.3 is 10.2 Å². The van der Waals surface area contributed by atoms with Gasteiger partial charge in [-0.1, -0.05) is 23.2 Å². The maximum Gasteiger partial charge on any atom is 0.251 e. The van der Waals surface area contributed by atoms with Gasteiger partial charge >= 0.3 is 0 Å². The van der Waals surface area contributed by atoms with Crippen LogP contribution in [0.15, 0.2) is 12.1 Å². The van der Waals surface area contributed by atoms with E-state index in [1.807, 2.05) is 0 Å². The van der Waals surface area contributed by atoms with Crippen LogP contribution in [0.5, 0.6) is 0 Å². The molecule has 98 valence electrons. The van der Waals surface area contributed by atoms with E-state index in [9.17, 15) is 4.79 Å². The molecule has 0 bridgehead atoms. The lowest BCUT2D eigenvalue weighted by Crippen LogP contribution is -2.46. The van der Waals surface area contributed by atoms with Crippen LogP contribution >= 0.6 is 23.2 Å². The molecular formula is C12H15Cl2N3O. The first-order valence-corrected chi connectivity index (χ1v) is 6.62. The number of carbonyl (C=O) groups excluding carboxylic acids is 1. The molecule has 0 spiro atoms. The number of pyridine rings is 1. The molecule has 1 unspecified atom stereocenters. The lowest BCUT2D eigenvalue weighted by molar-refractivity contribution is 0.0912. The zero-order valence-electron chi connectivity index (χ0n) is 10.1. The summed E-state index contributed by atoms with van der Waals surface area (Å²) < 4.78 is 0. The third-order valence-corrected chi connectivity index (χ3v) is 3.37. The van der Waals surface area contributed by atoms with Crippen LogP contribution in [0.4, 0.5) is 0 Å². The summed E-state index contributed by atoms with van der Waals surface area (Å²) in [7, 11) is 2.05. The first kappa shape index (κ1) is 13.6. The van der Waals surface area contributed by atoms with Crippen molar-refractivity contribution >= 4 is 29.1 Å². The van der Waals surface area contributed by atoms with Crippen molar-refractivity contribution in [2.24, 2.45) is 0 Å². The van der Waals surface area contributed by atoms with Gasteiger partial charge in [0.15, 0.2) is 0 Å². The Labute approximate surface area is 116 Å². The molecular weight excluding hydrogens is 273 g/mol. The van der Waals surface area contributed by atoms with Gasteiger partial charge in [0.25, 0.3) is 5.91 Å². The lowest BCUT2D eigenvalue weighted by atomic mass is 10.1. The fourth-order valence-corrected chi connectivity index (χ4v) is 2.61. The molecule has 0 aliphatic carbocycles. The molecule has 0 radical (unpaired) electrons. The van der Waals surface area contributed by atoms with Gasteiger partial charge in [0, 0.05) is 18.2 Å². The molecule has 4 nitrogen and oxygen atoms in total. The number of amides is 1. The smallest absolute Gasteiger partial charge is 0.251 e. The fourth-order valence-electron chi connectivity index (χ4n) is 2.15. The zero-order valence-corrected chi connectivity index (χ0v) is 11.6. The standard InChI is InChI=1S/C12H15Cl2N3O/c1-17-4-2-3-9(7-17)15-12(18)8-5-10(13)16-11(14)6-8/h5-6,9H,2-4,7H2,1H3,(H,15,18). The van der Waals surface area contributed by atoms with E-state index >= 15 is 0 Å². The second kappa shape index (κ2) is 5.87. The molecule has 6 heteroatoms. The maximum absolute atomic E-state index is 12.0. The average molecular weight is 288 g/mol. The first-order valence-electron chi connectivity index (χ1n) is 5.87. The van der Waals surface area contributed by atoms with E-state index in [4.69, 9.17) is 23.2 Å². The molecule has 1 saturated heterocycles. The molecule has 1 N–H and O–H groups in total. The maximum atomic E-state index is 12.0. The van der Waals surface area contributed by atoms with Gasteiger partial charge in [0.05, 0.1) is 0 Å². The number of rotatable bonds is 2. The lowest BCUT2D eigenvalue weighted by Gasteiger charge is -2.30. The van der Waals surface area contributed by atoms with E-state index in [-0.39, 0.29) is 22.3 Å².